The Morgan fingerprint density at radius 2 is 2.06 bits per heavy atom. The van der Waals surface area contributed by atoms with Crippen molar-refractivity contribution in [1.29, 1.82) is 0 Å². The maximum absolute atomic E-state index is 12.2. The van der Waals surface area contributed by atoms with Gasteiger partial charge in [-0.05, 0) is 48.6 Å². The number of fused-ring (bicyclic) bond motifs is 2. The molecule has 3 unspecified atom stereocenters. The normalized spacial score (nSPS) is 29.7. The fraction of sp³-hybridized carbons (Fsp3) is 0.562. The molecule has 0 aliphatic heterocycles. The molecule has 1 aromatic carbocycles. The first-order valence-electron chi connectivity index (χ1n) is 6.97. The van der Waals surface area contributed by atoms with E-state index in [2.05, 4.69) is 15.9 Å². The number of carbonyl (C=O) groups is 1. The van der Waals surface area contributed by atoms with E-state index in [1.807, 2.05) is 24.3 Å². The molecular weight excluding hydrogens is 288 g/mol. The Morgan fingerprint density at radius 1 is 1.22 bits per heavy atom. The second-order valence-electron chi connectivity index (χ2n) is 5.95. The molecule has 0 amide bonds. The number of carbonyl (C=O) groups excluding carboxylic acids is 1. The van der Waals surface area contributed by atoms with E-state index in [4.69, 9.17) is 0 Å². The molecule has 3 atom stereocenters. The molecule has 0 saturated heterocycles. The van der Waals surface area contributed by atoms with Gasteiger partial charge in [0.2, 0.25) is 0 Å². The van der Waals surface area contributed by atoms with Gasteiger partial charge in [-0.1, -0.05) is 40.5 Å². The van der Waals surface area contributed by atoms with Crippen molar-refractivity contribution in [3.63, 3.8) is 0 Å². The van der Waals surface area contributed by atoms with Crippen LogP contribution in [-0.2, 0) is 11.2 Å². The monoisotopic (exact) mass is 306 g/mol. The zero-order valence-electron chi connectivity index (χ0n) is 10.6. The molecule has 18 heavy (non-hydrogen) atoms. The fourth-order valence-electron chi connectivity index (χ4n) is 3.85. The average Bonchev–Trinajstić information content (AvgIpc) is 2.94. The molecular formula is C16H19BrO. The van der Waals surface area contributed by atoms with Gasteiger partial charge in [-0.3, -0.25) is 4.79 Å². The zero-order chi connectivity index (χ0) is 12.5. The minimum Gasteiger partial charge on any atom is -0.299 e. The topological polar surface area (TPSA) is 17.1 Å². The number of Topliss-reactive ketones (excluding diaryl/α,β-unsaturated/α-hetero) is 1. The SMILES string of the molecule is O=C(Cc1ccccc1Br)CC1CC2CCC1C2. The lowest BCUT2D eigenvalue weighted by atomic mass is 9.84. The van der Waals surface area contributed by atoms with Crippen LogP contribution in [0.5, 0.6) is 0 Å². The highest BCUT2D eigenvalue weighted by Gasteiger charge is 2.39. The maximum atomic E-state index is 12.2. The smallest absolute Gasteiger partial charge is 0.137 e. The summed E-state index contributed by atoms with van der Waals surface area (Å²) in [5.74, 6) is 2.91. The van der Waals surface area contributed by atoms with Gasteiger partial charge in [0, 0.05) is 17.3 Å². The van der Waals surface area contributed by atoms with Crippen molar-refractivity contribution in [2.75, 3.05) is 0 Å². The van der Waals surface area contributed by atoms with E-state index in [0.29, 0.717) is 18.1 Å². The molecule has 0 spiro atoms. The summed E-state index contributed by atoms with van der Waals surface area (Å²) in [6.07, 6.45) is 6.90. The molecule has 2 heteroatoms. The van der Waals surface area contributed by atoms with Gasteiger partial charge in [0.15, 0.2) is 0 Å². The molecule has 2 aliphatic rings. The van der Waals surface area contributed by atoms with Gasteiger partial charge in [0.1, 0.15) is 5.78 Å². The summed E-state index contributed by atoms with van der Waals surface area (Å²) < 4.78 is 1.06. The molecule has 3 rings (SSSR count). The minimum absolute atomic E-state index is 0.416. The fourth-order valence-corrected chi connectivity index (χ4v) is 4.27. The summed E-state index contributed by atoms with van der Waals surface area (Å²) >= 11 is 3.52. The van der Waals surface area contributed by atoms with Crippen molar-refractivity contribution in [3.8, 4) is 0 Å². The summed E-state index contributed by atoms with van der Waals surface area (Å²) in [7, 11) is 0. The van der Waals surface area contributed by atoms with Gasteiger partial charge >= 0.3 is 0 Å². The highest BCUT2D eigenvalue weighted by Crippen LogP contribution is 2.49. The third kappa shape index (κ3) is 2.54. The van der Waals surface area contributed by atoms with Gasteiger partial charge in [0.05, 0.1) is 0 Å². The maximum Gasteiger partial charge on any atom is 0.137 e. The van der Waals surface area contributed by atoms with Crippen LogP contribution in [-0.4, -0.2) is 5.78 Å². The van der Waals surface area contributed by atoms with Crippen LogP contribution < -0.4 is 0 Å². The average molecular weight is 307 g/mol. The molecule has 2 aliphatic carbocycles. The van der Waals surface area contributed by atoms with Gasteiger partial charge in [-0.2, -0.15) is 0 Å². The lowest BCUT2D eigenvalue weighted by Gasteiger charge is -2.20. The van der Waals surface area contributed by atoms with E-state index in [1.54, 1.807) is 0 Å². The third-order valence-corrected chi connectivity index (χ3v) is 5.49. The Balaban J connectivity index is 1.58. The molecule has 2 saturated carbocycles. The first kappa shape index (κ1) is 12.4. The lowest BCUT2D eigenvalue weighted by molar-refractivity contribution is -0.119. The van der Waals surface area contributed by atoms with Crippen LogP contribution in [0.1, 0.15) is 37.7 Å². The summed E-state index contributed by atoms with van der Waals surface area (Å²) in [4.78, 5) is 12.2. The second-order valence-corrected chi connectivity index (χ2v) is 6.80. The Morgan fingerprint density at radius 3 is 2.72 bits per heavy atom. The molecule has 0 heterocycles. The van der Waals surface area contributed by atoms with Gasteiger partial charge in [-0.25, -0.2) is 0 Å². The Kier molecular flexibility index (Phi) is 3.56. The van der Waals surface area contributed by atoms with Crippen LogP contribution in [0.3, 0.4) is 0 Å². The van der Waals surface area contributed by atoms with Crippen LogP contribution in [0.4, 0.5) is 0 Å². The largest absolute Gasteiger partial charge is 0.299 e. The highest BCUT2D eigenvalue weighted by atomic mass is 79.9. The molecule has 0 aromatic heterocycles. The van der Waals surface area contributed by atoms with Crippen molar-refractivity contribution in [3.05, 3.63) is 34.3 Å². The molecule has 0 radical (unpaired) electrons. The van der Waals surface area contributed by atoms with Crippen molar-refractivity contribution in [2.24, 2.45) is 17.8 Å². The van der Waals surface area contributed by atoms with Crippen molar-refractivity contribution >= 4 is 21.7 Å². The molecule has 1 nitrogen and oxygen atoms in total. The van der Waals surface area contributed by atoms with Crippen LogP contribution in [0.2, 0.25) is 0 Å². The Labute approximate surface area is 117 Å². The summed E-state index contributed by atoms with van der Waals surface area (Å²) in [6, 6.07) is 8.06. The number of rotatable bonds is 4. The van der Waals surface area contributed by atoms with E-state index in [0.717, 1.165) is 28.3 Å². The van der Waals surface area contributed by atoms with Gasteiger partial charge in [-0.15, -0.1) is 0 Å². The third-order valence-electron chi connectivity index (χ3n) is 4.72. The molecule has 96 valence electrons. The van der Waals surface area contributed by atoms with E-state index < -0.39 is 0 Å². The summed E-state index contributed by atoms with van der Waals surface area (Å²) in [6.45, 7) is 0. The lowest BCUT2D eigenvalue weighted by Crippen LogP contribution is -2.16. The molecule has 1 aromatic rings. The summed E-state index contributed by atoms with van der Waals surface area (Å²) in [5, 5.41) is 0. The van der Waals surface area contributed by atoms with E-state index >= 15 is 0 Å². The van der Waals surface area contributed by atoms with Crippen molar-refractivity contribution < 1.29 is 4.79 Å². The molecule has 2 fully saturated rings. The van der Waals surface area contributed by atoms with Crippen molar-refractivity contribution in [1.82, 2.24) is 0 Å². The number of hydrogen-bond donors (Lipinski definition) is 0. The first-order valence-corrected chi connectivity index (χ1v) is 7.77. The van der Waals surface area contributed by atoms with Crippen LogP contribution in [0.15, 0.2) is 28.7 Å². The Bertz CT molecular complexity index is 454. The summed E-state index contributed by atoms with van der Waals surface area (Å²) in [5.41, 5.74) is 1.13. The number of ketones is 1. The van der Waals surface area contributed by atoms with Crippen molar-refractivity contribution in [2.45, 2.75) is 38.5 Å². The zero-order valence-corrected chi connectivity index (χ0v) is 12.2. The standard InChI is InChI=1S/C16H19BrO/c17-16-4-2-1-3-13(16)9-15(18)10-14-8-11-5-6-12(14)7-11/h1-4,11-12,14H,5-10H2. The minimum atomic E-state index is 0.416. The second kappa shape index (κ2) is 5.16. The van der Waals surface area contributed by atoms with Crippen LogP contribution in [0, 0.1) is 17.8 Å². The van der Waals surface area contributed by atoms with Gasteiger partial charge < -0.3 is 0 Å². The van der Waals surface area contributed by atoms with E-state index in [1.165, 1.54) is 25.7 Å². The van der Waals surface area contributed by atoms with E-state index in [9.17, 15) is 4.79 Å². The first-order chi connectivity index (χ1) is 8.72. The number of hydrogen-bond acceptors (Lipinski definition) is 1. The molecule has 2 bridgehead atoms. The number of halogens is 1. The van der Waals surface area contributed by atoms with Gasteiger partial charge in [0.25, 0.3) is 0 Å². The highest BCUT2D eigenvalue weighted by molar-refractivity contribution is 9.10. The predicted molar refractivity (Wildman–Crippen MR) is 76.4 cm³/mol. The van der Waals surface area contributed by atoms with Crippen LogP contribution in [0.25, 0.3) is 0 Å². The van der Waals surface area contributed by atoms with Crippen LogP contribution >= 0.6 is 15.9 Å². The quantitative estimate of drug-likeness (QED) is 0.806. The van der Waals surface area contributed by atoms with E-state index in [-0.39, 0.29) is 0 Å². The molecule has 0 N–H and O–H groups in total. The Hall–Kier alpha value is -0.630. The predicted octanol–water partition coefficient (Wildman–Crippen LogP) is 4.39. The number of benzene rings is 1.